The van der Waals surface area contributed by atoms with Crippen molar-refractivity contribution in [2.75, 3.05) is 19.3 Å². The first kappa shape index (κ1) is 27.1. The summed E-state index contributed by atoms with van der Waals surface area (Å²) in [6.45, 7) is 5.39. The fraction of sp³-hybridized carbons (Fsp3) is 0.167. The summed E-state index contributed by atoms with van der Waals surface area (Å²) in [5.74, 6) is 1.13. The molecule has 0 saturated carbocycles. The highest BCUT2D eigenvalue weighted by atomic mass is 35.7. The number of halogens is 1. The van der Waals surface area contributed by atoms with Crippen LogP contribution >= 0.6 is 11.8 Å². The molecule has 0 amide bonds. The second-order valence-corrected chi connectivity index (χ2v) is 10.8. The zero-order valence-electron chi connectivity index (χ0n) is 20.9. The second kappa shape index (κ2) is 11.6. The van der Waals surface area contributed by atoms with Crippen LogP contribution in [0.15, 0.2) is 91.0 Å². The van der Waals surface area contributed by atoms with Gasteiger partial charge in [0.25, 0.3) is 0 Å². The third kappa shape index (κ3) is 7.08. The van der Waals surface area contributed by atoms with Crippen molar-refractivity contribution in [3.8, 4) is 33.4 Å². The van der Waals surface area contributed by atoms with E-state index in [1.54, 1.807) is 0 Å². The minimum atomic E-state index is -4.94. The van der Waals surface area contributed by atoms with Gasteiger partial charge in [-0.2, -0.15) is 0 Å². The van der Waals surface area contributed by atoms with Crippen molar-refractivity contribution in [2.45, 2.75) is 13.8 Å². The van der Waals surface area contributed by atoms with Gasteiger partial charge < -0.3 is 0 Å². The van der Waals surface area contributed by atoms with Crippen LogP contribution in [-0.2, 0) is 0 Å². The van der Waals surface area contributed by atoms with E-state index in [1.807, 2.05) is 11.8 Å². The van der Waals surface area contributed by atoms with E-state index in [0.29, 0.717) is 0 Å². The molecule has 0 fully saturated rings. The average molecular weight is 534 g/mol. The monoisotopic (exact) mass is 533 g/mol. The van der Waals surface area contributed by atoms with E-state index in [-0.39, 0.29) is 0 Å². The van der Waals surface area contributed by atoms with Crippen LogP contribution < -0.4 is 18.6 Å². The number of hydrogen-bond acceptors (Lipinski definition) is 5. The molecule has 7 heteroatoms. The topological polar surface area (TPSA) is 95.2 Å². The maximum atomic E-state index is 8.49. The number of hydrogen-bond donors (Lipinski definition) is 0. The zero-order chi connectivity index (χ0) is 26.6. The van der Waals surface area contributed by atoms with Crippen molar-refractivity contribution in [3.63, 3.8) is 0 Å². The summed E-state index contributed by atoms with van der Waals surface area (Å²) in [6.07, 6.45) is 0. The predicted molar refractivity (Wildman–Crippen MR) is 140 cm³/mol. The molecule has 190 valence electrons. The van der Waals surface area contributed by atoms with Crippen molar-refractivity contribution in [3.05, 3.63) is 108 Å². The summed E-state index contributed by atoms with van der Waals surface area (Å²) >= 11 is 1.97. The lowest BCUT2D eigenvalue weighted by atomic mass is 9.87. The van der Waals surface area contributed by atoms with Gasteiger partial charge in [-0.25, -0.2) is 23.2 Å². The quantitative estimate of drug-likeness (QED) is 0.376. The molecule has 0 unspecified atom stereocenters. The first-order valence-electron chi connectivity index (χ1n) is 11.8. The Morgan fingerprint density at radius 2 is 1.11 bits per heavy atom. The van der Waals surface area contributed by atoms with E-state index >= 15 is 0 Å². The summed E-state index contributed by atoms with van der Waals surface area (Å²) in [7, 11) is -2.72. The molecule has 5 rings (SSSR count). The molecule has 4 aromatic carbocycles. The molecule has 37 heavy (non-hydrogen) atoms. The Morgan fingerprint density at radius 1 is 0.649 bits per heavy atom. The lowest BCUT2D eigenvalue weighted by molar-refractivity contribution is -2.00. The van der Waals surface area contributed by atoms with Crippen LogP contribution in [0.4, 0.5) is 0 Å². The molecule has 0 N–H and O–H groups in total. The first-order valence-corrected chi connectivity index (χ1v) is 14.0. The lowest BCUT2D eigenvalue weighted by Gasteiger charge is -2.17. The van der Waals surface area contributed by atoms with E-state index in [0.717, 1.165) is 12.3 Å². The maximum absolute atomic E-state index is 8.49. The fourth-order valence-electron chi connectivity index (χ4n) is 4.35. The molecule has 1 aliphatic heterocycles. The highest BCUT2D eigenvalue weighted by Crippen LogP contribution is 2.40. The molecule has 4 aromatic rings. The summed E-state index contributed by atoms with van der Waals surface area (Å²) in [5, 5.41) is 1.37. The molecule has 0 saturated heterocycles. The number of rotatable bonds is 4. The molecular formula is C30H28ClNO4S. The maximum Gasteiger partial charge on any atom is 0.243 e. The van der Waals surface area contributed by atoms with Gasteiger partial charge in [-0.05, 0) is 59.4 Å². The van der Waals surface area contributed by atoms with Crippen LogP contribution in [0.3, 0.4) is 0 Å². The Balaban J connectivity index is 0.000000586. The first-order chi connectivity index (χ1) is 17.6. The van der Waals surface area contributed by atoms with Crippen molar-refractivity contribution in [2.24, 2.45) is 0 Å². The van der Waals surface area contributed by atoms with Crippen LogP contribution in [0.1, 0.15) is 16.7 Å². The summed E-state index contributed by atoms with van der Waals surface area (Å²) in [5.41, 5.74) is 11.6. The molecule has 5 nitrogen and oxygen atoms in total. The number of nitrogens with zero attached hydrogens (tertiary/aromatic N) is 1. The number of benzene rings is 4. The predicted octanol–water partition coefficient (Wildman–Crippen LogP) is 2.68. The Labute approximate surface area is 224 Å². The summed E-state index contributed by atoms with van der Waals surface area (Å²) < 4.78 is 36.4. The minimum absolute atomic E-state index is 1.08. The molecule has 0 bridgehead atoms. The Hall–Kier alpha value is -2.97. The highest BCUT2D eigenvalue weighted by molar-refractivity contribution is 8.14. The van der Waals surface area contributed by atoms with Gasteiger partial charge in [-0.15, -0.1) is 10.2 Å². The van der Waals surface area contributed by atoms with Gasteiger partial charge in [0.15, 0.2) is 6.54 Å². The minimum Gasteiger partial charge on any atom is -0.226 e. The van der Waals surface area contributed by atoms with E-state index in [9.17, 15) is 0 Å². The van der Waals surface area contributed by atoms with Crippen LogP contribution in [0.2, 0.25) is 0 Å². The SMILES string of the molecule is Cc1ccc(-c2cc(-c3ccccc3)cc(-c3ccc(C)cc3)c2C2=[N+](C)CCS2)cc1.[O-][Cl+3]([O-])([O-])[O-]. The molecular weight excluding hydrogens is 506 g/mol. The van der Waals surface area contributed by atoms with Crippen molar-refractivity contribution in [1.29, 1.82) is 0 Å². The summed E-state index contributed by atoms with van der Waals surface area (Å²) in [6, 6.07) is 33.4. The van der Waals surface area contributed by atoms with Crippen LogP contribution in [0.25, 0.3) is 33.4 Å². The van der Waals surface area contributed by atoms with Crippen LogP contribution in [0, 0.1) is 24.1 Å². The Bertz CT molecular complexity index is 1320. The van der Waals surface area contributed by atoms with E-state index in [1.165, 1.54) is 55.1 Å². The number of aryl methyl sites for hydroxylation is 2. The Morgan fingerprint density at radius 3 is 1.51 bits per heavy atom. The molecule has 0 atom stereocenters. The smallest absolute Gasteiger partial charge is 0.226 e. The van der Waals surface area contributed by atoms with Crippen LogP contribution in [0.5, 0.6) is 0 Å². The second-order valence-electron chi connectivity index (χ2n) is 9.00. The van der Waals surface area contributed by atoms with Gasteiger partial charge in [0, 0.05) is 0 Å². The van der Waals surface area contributed by atoms with Crippen LogP contribution in [-0.4, -0.2) is 29.0 Å². The van der Waals surface area contributed by atoms with Gasteiger partial charge in [-0.1, -0.05) is 102 Å². The van der Waals surface area contributed by atoms with Gasteiger partial charge >= 0.3 is 0 Å². The van der Waals surface area contributed by atoms with E-state index < -0.39 is 10.2 Å². The van der Waals surface area contributed by atoms with Gasteiger partial charge in [0.2, 0.25) is 5.04 Å². The zero-order valence-corrected chi connectivity index (χ0v) is 22.5. The third-order valence-electron chi connectivity index (χ3n) is 6.20. The standard InChI is InChI=1S/C30H28NS.ClHO4/c1-21-9-13-24(14-10-21)27-19-26(23-7-5-4-6-8-23)20-28(25-15-11-22(2)12-16-25)29(27)30-31(3)17-18-32-30;2-1(3,4)5/h4-16,19-20H,17-18H2,1-3H3;(H,2,3,4,5)/q+1;/p-1. The molecule has 0 aromatic heterocycles. The van der Waals surface area contributed by atoms with E-state index in [2.05, 4.69) is 116 Å². The van der Waals surface area contributed by atoms with Gasteiger partial charge in [0.1, 0.15) is 7.05 Å². The molecule has 1 aliphatic rings. The van der Waals surface area contributed by atoms with Crippen molar-refractivity contribution >= 4 is 16.8 Å². The molecule has 0 spiro atoms. The summed E-state index contributed by atoms with van der Waals surface area (Å²) in [4.78, 5) is 0. The normalized spacial score (nSPS) is 13.4. The van der Waals surface area contributed by atoms with Gasteiger partial charge in [0.05, 0.1) is 11.3 Å². The Kier molecular flexibility index (Phi) is 8.49. The van der Waals surface area contributed by atoms with Crippen molar-refractivity contribution in [1.82, 2.24) is 0 Å². The third-order valence-corrected chi connectivity index (χ3v) is 7.37. The highest BCUT2D eigenvalue weighted by Gasteiger charge is 2.28. The fourth-order valence-corrected chi connectivity index (χ4v) is 5.58. The van der Waals surface area contributed by atoms with Gasteiger partial charge in [-0.3, -0.25) is 0 Å². The lowest BCUT2D eigenvalue weighted by Crippen LogP contribution is -2.68. The largest absolute Gasteiger partial charge is 0.243 e. The van der Waals surface area contributed by atoms with Crippen molar-refractivity contribution < 1.29 is 33.5 Å². The molecule has 0 radical (unpaired) electrons. The molecule has 1 heterocycles. The number of thioether (sulfide) groups is 1. The van der Waals surface area contributed by atoms with E-state index in [4.69, 9.17) is 18.6 Å². The molecule has 0 aliphatic carbocycles. The average Bonchev–Trinajstić information content (AvgIpc) is 3.29.